The van der Waals surface area contributed by atoms with Crippen LogP contribution in [0.4, 0.5) is 10.1 Å². The summed E-state index contributed by atoms with van der Waals surface area (Å²) in [4.78, 5) is 4.46. The zero-order valence-electron chi connectivity index (χ0n) is 7.47. The van der Waals surface area contributed by atoms with Crippen molar-refractivity contribution in [3.63, 3.8) is 0 Å². The molecule has 0 saturated heterocycles. The van der Waals surface area contributed by atoms with Crippen molar-refractivity contribution in [1.82, 2.24) is 4.72 Å². The molecule has 1 aromatic rings. The lowest BCUT2D eigenvalue weighted by molar-refractivity contribution is 0.413. The number of ether oxygens (including phenoxy) is 1. The van der Waals surface area contributed by atoms with E-state index in [2.05, 4.69) is 25.6 Å². The molecule has 0 fully saturated rings. The molecule has 0 radical (unpaired) electrons. The number of fused-ring (bicyclic) bond motifs is 1. The van der Waals surface area contributed by atoms with Gasteiger partial charge in [0, 0.05) is 0 Å². The third-order valence-corrected chi connectivity index (χ3v) is 3.58. The van der Waals surface area contributed by atoms with Crippen LogP contribution in [-0.2, 0) is 0 Å². The Kier molecular flexibility index (Phi) is 3.08. The standard InChI is InChI=1S/C8H5BrClFN2OS/c1-14-6-3(10)2-4(11)7-5(6)12-8(9)13-15-7/h2H,1H3,(H,12,13). The van der Waals surface area contributed by atoms with Crippen molar-refractivity contribution in [3.8, 4) is 5.75 Å². The fourth-order valence-electron chi connectivity index (χ4n) is 1.18. The molecular weight excluding hydrogens is 307 g/mol. The van der Waals surface area contributed by atoms with Gasteiger partial charge in [-0.1, -0.05) is 11.6 Å². The van der Waals surface area contributed by atoms with E-state index in [9.17, 15) is 4.39 Å². The van der Waals surface area contributed by atoms with E-state index in [0.717, 1.165) is 11.9 Å². The van der Waals surface area contributed by atoms with E-state index < -0.39 is 5.82 Å². The lowest BCUT2D eigenvalue weighted by Gasteiger charge is -2.17. The maximum Gasteiger partial charge on any atom is 0.181 e. The first kappa shape index (κ1) is 11.0. The Morgan fingerprint density at radius 1 is 1.67 bits per heavy atom. The van der Waals surface area contributed by atoms with Crippen LogP contribution in [0, 0.1) is 5.82 Å². The van der Waals surface area contributed by atoms with Gasteiger partial charge in [-0.15, -0.1) is 0 Å². The average Bonchev–Trinajstić information content (AvgIpc) is 2.17. The maximum absolute atomic E-state index is 13.5. The first-order valence-electron chi connectivity index (χ1n) is 3.86. The van der Waals surface area contributed by atoms with Crippen LogP contribution in [0.3, 0.4) is 0 Å². The summed E-state index contributed by atoms with van der Waals surface area (Å²) in [6.45, 7) is 0. The van der Waals surface area contributed by atoms with Crippen molar-refractivity contribution >= 4 is 49.9 Å². The minimum absolute atomic E-state index is 0.209. The van der Waals surface area contributed by atoms with Crippen LogP contribution in [-0.4, -0.2) is 11.9 Å². The van der Waals surface area contributed by atoms with Crippen LogP contribution in [0.5, 0.6) is 5.75 Å². The van der Waals surface area contributed by atoms with Gasteiger partial charge in [-0.05, 0) is 33.9 Å². The van der Waals surface area contributed by atoms with Gasteiger partial charge in [-0.3, -0.25) is 0 Å². The highest BCUT2D eigenvalue weighted by Crippen LogP contribution is 2.45. The molecule has 80 valence electrons. The molecule has 3 nitrogen and oxygen atoms in total. The fourth-order valence-corrected chi connectivity index (χ4v) is 2.48. The molecule has 1 aromatic carbocycles. The molecule has 1 aliphatic rings. The summed E-state index contributed by atoms with van der Waals surface area (Å²) in [6, 6.07) is 1.21. The molecule has 0 aliphatic carbocycles. The molecular formula is C8H5BrClFN2OS. The van der Waals surface area contributed by atoms with Crippen molar-refractivity contribution in [2.24, 2.45) is 4.99 Å². The Hall–Kier alpha value is -0.460. The summed E-state index contributed by atoms with van der Waals surface area (Å²) in [5.74, 6) is -0.0453. The Balaban J connectivity index is 2.70. The van der Waals surface area contributed by atoms with Gasteiger partial charge in [0.05, 0.1) is 17.0 Å². The molecule has 7 heteroatoms. The molecule has 0 amide bonds. The smallest absolute Gasteiger partial charge is 0.181 e. The topological polar surface area (TPSA) is 33.6 Å². The molecule has 2 rings (SSSR count). The van der Waals surface area contributed by atoms with Crippen LogP contribution in [0.2, 0.25) is 5.02 Å². The minimum atomic E-state index is -0.419. The summed E-state index contributed by atoms with van der Waals surface area (Å²) < 4.78 is 21.9. The highest BCUT2D eigenvalue weighted by atomic mass is 79.9. The second kappa shape index (κ2) is 4.19. The van der Waals surface area contributed by atoms with Crippen LogP contribution in [0.1, 0.15) is 0 Å². The number of hydrogen-bond donors (Lipinski definition) is 1. The summed E-state index contributed by atoms with van der Waals surface area (Å²) in [5.41, 5.74) is 0.401. The number of aliphatic imine (C=N–C) groups is 1. The van der Waals surface area contributed by atoms with Crippen LogP contribution in [0.25, 0.3) is 0 Å². The van der Waals surface area contributed by atoms with E-state index >= 15 is 0 Å². The van der Waals surface area contributed by atoms with E-state index in [-0.39, 0.29) is 5.02 Å². The number of nitrogens with one attached hydrogen (secondary N) is 1. The first-order valence-corrected chi connectivity index (χ1v) is 5.85. The number of amidine groups is 1. The first-order chi connectivity index (χ1) is 7.13. The highest BCUT2D eigenvalue weighted by molar-refractivity contribution is 9.18. The molecule has 1 aliphatic heterocycles. The second-order valence-electron chi connectivity index (χ2n) is 2.66. The van der Waals surface area contributed by atoms with Gasteiger partial charge in [-0.2, -0.15) is 0 Å². The summed E-state index contributed by atoms with van der Waals surface area (Å²) in [5, 5.41) is 0.209. The third-order valence-electron chi connectivity index (χ3n) is 1.77. The molecule has 0 unspecified atom stereocenters. The number of benzene rings is 1. The van der Waals surface area contributed by atoms with Crippen LogP contribution >= 0.6 is 39.5 Å². The van der Waals surface area contributed by atoms with E-state index in [0.29, 0.717) is 21.1 Å². The third kappa shape index (κ3) is 1.93. The zero-order valence-corrected chi connectivity index (χ0v) is 10.6. The summed E-state index contributed by atoms with van der Waals surface area (Å²) >= 11 is 10.1. The van der Waals surface area contributed by atoms with Crippen molar-refractivity contribution in [2.45, 2.75) is 4.90 Å². The number of methoxy groups -OCH3 is 1. The predicted octanol–water partition coefficient (Wildman–Crippen LogP) is 3.48. The predicted molar refractivity (Wildman–Crippen MR) is 63.0 cm³/mol. The Morgan fingerprint density at radius 2 is 2.40 bits per heavy atom. The minimum Gasteiger partial charge on any atom is -0.493 e. The molecule has 0 atom stereocenters. The highest BCUT2D eigenvalue weighted by Gasteiger charge is 2.22. The molecule has 0 saturated carbocycles. The SMILES string of the molecule is COc1c(Cl)cc(F)c2c1N=C(Br)NS2. The van der Waals surface area contributed by atoms with Crippen molar-refractivity contribution < 1.29 is 9.13 Å². The quantitative estimate of drug-likeness (QED) is 0.637. The van der Waals surface area contributed by atoms with E-state index in [1.165, 1.54) is 13.2 Å². The molecule has 15 heavy (non-hydrogen) atoms. The second-order valence-corrected chi connectivity index (χ2v) is 4.63. The Bertz CT molecular complexity index is 455. The van der Waals surface area contributed by atoms with Crippen molar-refractivity contribution in [1.29, 1.82) is 0 Å². The number of hydrogen-bond acceptors (Lipinski definition) is 4. The molecule has 0 aromatic heterocycles. The lowest BCUT2D eigenvalue weighted by Crippen LogP contribution is -2.12. The van der Waals surface area contributed by atoms with Gasteiger partial charge >= 0.3 is 0 Å². The number of rotatable bonds is 1. The maximum atomic E-state index is 13.5. The zero-order chi connectivity index (χ0) is 11.0. The number of halogens is 3. The van der Waals surface area contributed by atoms with Gasteiger partial charge < -0.3 is 9.46 Å². The van der Waals surface area contributed by atoms with Gasteiger partial charge in [0.25, 0.3) is 0 Å². The van der Waals surface area contributed by atoms with Gasteiger partial charge in [-0.25, -0.2) is 9.38 Å². The molecule has 0 bridgehead atoms. The summed E-state index contributed by atoms with van der Waals surface area (Å²) in [6.07, 6.45) is 0. The largest absolute Gasteiger partial charge is 0.493 e. The molecule has 1 heterocycles. The van der Waals surface area contributed by atoms with E-state index in [4.69, 9.17) is 16.3 Å². The fraction of sp³-hybridized carbons (Fsp3) is 0.125. The van der Waals surface area contributed by atoms with Crippen molar-refractivity contribution in [2.75, 3.05) is 7.11 Å². The molecule has 1 N–H and O–H groups in total. The van der Waals surface area contributed by atoms with E-state index in [1.54, 1.807) is 0 Å². The van der Waals surface area contributed by atoms with Gasteiger partial charge in [0.15, 0.2) is 10.5 Å². The van der Waals surface area contributed by atoms with E-state index in [1.807, 2.05) is 0 Å². The van der Waals surface area contributed by atoms with Gasteiger partial charge in [0.1, 0.15) is 11.5 Å². The van der Waals surface area contributed by atoms with Gasteiger partial charge in [0.2, 0.25) is 0 Å². The van der Waals surface area contributed by atoms with Crippen molar-refractivity contribution in [3.05, 3.63) is 16.9 Å². The average molecular weight is 312 g/mol. The van der Waals surface area contributed by atoms with Crippen LogP contribution < -0.4 is 9.46 Å². The lowest BCUT2D eigenvalue weighted by atomic mass is 10.3. The monoisotopic (exact) mass is 310 g/mol. The summed E-state index contributed by atoms with van der Waals surface area (Å²) in [7, 11) is 1.47. The normalized spacial score (nSPS) is 14.0. The Labute approximate surface area is 103 Å². The number of nitrogens with zero attached hydrogens (tertiary/aromatic N) is 1. The van der Waals surface area contributed by atoms with Crippen LogP contribution in [0.15, 0.2) is 16.0 Å². The molecule has 0 spiro atoms. The Morgan fingerprint density at radius 3 is 3.07 bits per heavy atom.